The summed E-state index contributed by atoms with van der Waals surface area (Å²) in [5.74, 6) is 0. The van der Waals surface area contributed by atoms with Crippen LogP contribution in [0.1, 0.15) is 38.5 Å². The fourth-order valence-corrected chi connectivity index (χ4v) is 1.41. The van der Waals surface area contributed by atoms with E-state index >= 15 is 0 Å². The third-order valence-electron chi connectivity index (χ3n) is 1.89. The molecule has 98 valence electrons. The topological polar surface area (TPSA) is 18.5 Å². The van der Waals surface area contributed by atoms with Gasteiger partial charge in [0.25, 0.3) is 0 Å². The second-order valence-corrected chi connectivity index (χ2v) is 4.36. The molecule has 0 heterocycles. The molecule has 0 aliphatic carbocycles. The summed E-state index contributed by atoms with van der Waals surface area (Å²) < 4.78 is 23.5. The van der Waals surface area contributed by atoms with E-state index in [-0.39, 0.29) is 13.3 Å². The lowest BCUT2D eigenvalue weighted by molar-refractivity contribution is -0.319. The van der Waals surface area contributed by atoms with Gasteiger partial charge in [0.2, 0.25) is 0 Å². The van der Waals surface area contributed by atoms with Gasteiger partial charge in [-0.25, -0.2) is 9.78 Å². The van der Waals surface area contributed by atoms with Gasteiger partial charge in [0.1, 0.15) is 0 Å². The van der Waals surface area contributed by atoms with Crippen molar-refractivity contribution < 1.29 is 18.6 Å². The van der Waals surface area contributed by atoms with Crippen molar-refractivity contribution in [3.05, 3.63) is 0 Å². The highest BCUT2D eigenvalue weighted by molar-refractivity contribution is 6.20. The number of unbranched alkanes of at least 4 members (excludes halogenated alkanes) is 2. The zero-order valence-corrected chi connectivity index (χ0v) is 10.7. The molecule has 0 rings (SSSR count). The molecule has 0 aliphatic heterocycles. The first-order chi connectivity index (χ1) is 7.70. The normalized spacial score (nSPS) is 15.0. The van der Waals surface area contributed by atoms with Crippen LogP contribution >= 0.6 is 23.2 Å². The van der Waals surface area contributed by atoms with E-state index in [2.05, 4.69) is 0 Å². The predicted octanol–water partition coefficient (Wildman–Crippen LogP) is 4.34. The molecule has 0 aromatic heterocycles. The monoisotopic (exact) mass is 278 g/mol. The quantitative estimate of drug-likeness (QED) is 0.242. The Kier molecular flexibility index (Phi) is 12.1. The second-order valence-electron chi connectivity index (χ2n) is 3.38. The Bertz CT molecular complexity index is 137. The fourth-order valence-electron chi connectivity index (χ4n) is 1.02. The van der Waals surface area contributed by atoms with E-state index in [1.54, 1.807) is 0 Å². The fraction of sp³-hybridized carbons (Fsp3) is 1.00. The van der Waals surface area contributed by atoms with Crippen LogP contribution in [0.25, 0.3) is 0 Å². The molecule has 0 fully saturated rings. The van der Waals surface area contributed by atoms with Crippen LogP contribution < -0.4 is 0 Å². The standard InChI is InChI=1S/C10H18Cl2F2O2/c11-9(5-1-3-7-13)15-16-10(12)6-2-4-8-14/h9-10H,1-8H2. The van der Waals surface area contributed by atoms with Crippen LogP contribution in [0.2, 0.25) is 0 Å². The summed E-state index contributed by atoms with van der Waals surface area (Å²) in [5, 5.41) is 0. The van der Waals surface area contributed by atoms with Gasteiger partial charge in [-0.15, -0.1) is 0 Å². The Hall–Kier alpha value is 0.360. The lowest BCUT2D eigenvalue weighted by atomic mass is 10.2. The lowest BCUT2D eigenvalue weighted by Gasteiger charge is -2.13. The summed E-state index contributed by atoms with van der Waals surface area (Å²) in [4.78, 5) is 9.60. The largest absolute Gasteiger partial charge is 0.251 e. The maximum absolute atomic E-state index is 11.8. The summed E-state index contributed by atoms with van der Waals surface area (Å²) in [5.41, 5.74) is -1.23. The van der Waals surface area contributed by atoms with Gasteiger partial charge in [-0.3, -0.25) is 8.78 Å². The molecule has 16 heavy (non-hydrogen) atoms. The van der Waals surface area contributed by atoms with Crippen LogP contribution in [-0.4, -0.2) is 24.5 Å². The van der Waals surface area contributed by atoms with E-state index in [1.165, 1.54) is 0 Å². The molecule has 0 bridgehead atoms. The SMILES string of the molecule is FCCCCC(Cl)OOC(Cl)CCCCF. The van der Waals surface area contributed by atoms with Gasteiger partial charge < -0.3 is 0 Å². The Morgan fingerprint density at radius 3 is 1.44 bits per heavy atom. The minimum atomic E-state index is -0.617. The number of rotatable bonds is 11. The Morgan fingerprint density at radius 1 is 0.750 bits per heavy atom. The van der Waals surface area contributed by atoms with E-state index < -0.39 is 11.1 Å². The van der Waals surface area contributed by atoms with E-state index in [9.17, 15) is 8.78 Å². The van der Waals surface area contributed by atoms with Gasteiger partial charge in [-0.05, 0) is 38.5 Å². The molecule has 2 nitrogen and oxygen atoms in total. The molecule has 6 heteroatoms. The van der Waals surface area contributed by atoms with Gasteiger partial charge in [0.15, 0.2) is 11.1 Å². The maximum atomic E-state index is 11.8. The van der Waals surface area contributed by atoms with Gasteiger partial charge in [-0.1, -0.05) is 23.2 Å². The highest BCUT2D eigenvalue weighted by Gasteiger charge is 2.10. The molecule has 0 spiro atoms. The van der Waals surface area contributed by atoms with Crippen molar-refractivity contribution in [2.24, 2.45) is 0 Å². The molecule has 0 saturated heterocycles. The summed E-state index contributed by atoms with van der Waals surface area (Å²) in [6.07, 6.45) is 3.24. The van der Waals surface area contributed by atoms with Crippen LogP contribution in [0.5, 0.6) is 0 Å². The molecule has 0 aromatic carbocycles. The number of hydrogen-bond donors (Lipinski definition) is 0. The van der Waals surface area contributed by atoms with Crippen LogP contribution in [0, 0.1) is 0 Å². The van der Waals surface area contributed by atoms with Gasteiger partial charge in [-0.2, -0.15) is 0 Å². The second kappa shape index (κ2) is 11.8. The smallest absolute Gasteiger partial charge is 0.166 e. The molecular formula is C10H18Cl2F2O2. The summed E-state index contributed by atoms with van der Waals surface area (Å²) in [6, 6.07) is 0. The van der Waals surface area contributed by atoms with Crippen molar-refractivity contribution in [3.63, 3.8) is 0 Å². The lowest BCUT2D eigenvalue weighted by Crippen LogP contribution is -2.12. The average molecular weight is 279 g/mol. The van der Waals surface area contributed by atoms with Gasteiger partial charge in [0, 0.05) is 0 Å². The highest BCUT2D eigenvalue weighted by Crippen LogP contribution is 2.15. The number of alkyl halides is 4. The summed E-state index contributed by atoms with van der Waals surface area (Å²) in [7, 11) is 0. The van der Waals surface area contributed by atoms with E-state index in [0.29, 0.717) is 38.5 Å². The van der Waals surface area contributed by atoms with Gasteiger partial charge in [0.05, 0.1) is 13.3 Å². The van der Waals surface area contributed by atoms with Crippen LogP contribution in [-0.2, 0) is 9.78 Å². The molecule has 2 unspecified atom stereocenters. The van der Waals surface area contributed by atoms with Crippen molar-refractivity contribution in [2.45, 2.75) is 49.7 Å². The third-order valence-corrected chi connectivity index (χ3v) is 2.48. The Morgan fingerprint density at radius 2 is 1.12 bits per heavy atom. The van der Waals surface area contributed by atoms with Crippen molar-refractivity contribution in [1.29, 1.82) is 0 Å². The molecule has 0 saturated carbocycles. The molecule has 0 aromatic rings. The molecule has 0 aliphatic rings. The van der Waals surface area contributed by atoms with Crippen LogP contribution in [0.3, 0.4) is 0 Å². The average Bonchev–Trinajstić information content (AvgIpc) is 2.27. The van der Waals surface area contributed by atoms with Crippen molar-refractivity contribution in [3.8, 4) is 0 Å². The molecule has 0 N–H and O–H groups in total. The van der Waals surface area contributed by atoms with Crippen molar-refractivity contribution in [1.82, 2.24) is 0 Å². The van der Waals surface area contributed by atoms with E-state index in [0.717, 1.165) is 0 Å². The number of halogens is 4. The zero-order valence-electron chi connectivity index (χ0n) is 9.14. The highest BCUT2D eigenvalue weighted by atomic mass is 35.5. The maximum Gasteiger partial charge on any atom is 0.166 e. The number of hydrogen-bond acceptors (Lipinski definition) is 2. The Labute approximate surface area is 105 Å². The van der Waals surface area contributed by atoms with Crippen LogP contribution in [0.15, 0.2) is 0 Å². The summed E-state index contributed by atoms with van der Waals surface area (Å²) in [6.45, 7) is -0.711. The van der Waals surface area contributed by atoms with Gasteiger partial charge >= 0.3 is 0 Å². The van der Waals surface area contributed by atoms with Crippen molar-refractivity contribution in [2.75, 3.05) is 13.3 Å². The zero-order chi connectivity index (χ0) is 12.2. The molecule has 0 radical (unpaired) electrons. The van der Waals surface area contributed by atoms with Crippen LogP contribution in [0.4, 0.5) is 8.78 Å². The summed E-state index contributed by atoms with van der Waals surface area (Å²) >= 11 is 11.5. The van der Waals surface area contributed by atoms with E-state index in [4.69, 9.17) is 33.0 Å². The first-order valence-electron chi connectivity index (χ1n) is 5.43. The Balaban J connectivity index is 3.32. The predicted molar refractivity (Wildman–Crippen MR) is 61.1 cm³/mol. The first-order valence-corrected chi connectivity index (χ1v) is 6.30. The van der Waals surface area contributed by atoms with E-state index in [1.807, 2.05) is 0 Å². The molecule has 0 amide bonds. The minimum Gasteiger partial charge on any atom is -0.251 e. The third kappa shape index (κ3) is 10.9. The minimum absolute atomic E-state index is 0.355. The first kappa shape index (κ1) is 16.4. The van der Waals surface area contributed by atoms with Crippen molar-refractivity contribution >= 4 is 23.2 Å². The molecule has 2 atom stereocenters. The molecular weight excluding hydrogens is 261 g/mol.